The first kappa shape index (κ1) is 18.7. The summed E-state index contributed by atoms with van der Waals surface area (Å²) < 4.78 is 0. The second-order valence-corrected chi connectivity index (χ2v) is 7.85. The van der Waals surface area contributed by atoms with Crippen LogP contribution in [-0.4, -0.2) is 0 Å². The molecule has 0 aliphatic carbocycles. The van der Waals surface area contributed by atoms with Crippen LogP contribution in [-0.2, 0) is 12.8 Å². The van der Waals surface area contributed by atoms with Gasteiger partial charge in [0.25, 0.3) is 0 Å². The smallest absolute Gasteiger partial charge is 0.00239 e. The molecular weight excluding hydrogens is 336 g/mol. The molecule has 0 atom stereocenters. The second kappa shape index (κ2) is 8.61. The Labute approximate surface area is 169 Å². The third-order valence-corrected chi connectivity index (χ3v) is 5.86. The lowest BCUT2D eigenvalue weighted by molar-refractivity contribution is 0.792. The molecule has 4 rings (SSSR count). The molecule has 0 saturated heterocycles. The number of benzene rings is 4. The van der Waals surface area contributed by atoms with E-state index in [0.717, 1.165) is 12.8 Å². The molecule has 0 unspecified atom stereocenters. The van der Waals surface area contributed by atoms with Gasteiger partial charge in [0.1, 0.15) is 0 Å². The van der Waals surface area contributed by atoms with Crippen molar-refractivity contribution in [1.29, 1.82) is 0 Å². The van der Waals surface area contributed by atoms with Crippen LogP contribution in [0.15, 0.2) is 72.8 Å². The summed E-state index contributed by atoms with van der Waals surface area (Å²) in [6.45, 7) is 4.56. The van der Waals surface area contributed by atoms with Gasteiger partial charge in [-0.2, -0.15) is 0 Å². The number of aryl methyl sites for hydroxylation is 2. The lowest BCUT2D eigenvalue weighted by Crippen LogP contribution is -1.96. The first-order chi connectivity index (χ1) is 13.8. The van der Waals surface area contributed by atoms with Gasteiger partial charge < -0.3 is 0 Å². The maximum Gasteiger partial charge on any atom is -0.00239 e. The molecule has 28 heavy (non-hydrogen) atoms. The van der Waals surface area contributed by atoms with E-state index >= 15 is 0 Å². The van der Waals surface area contributed by atoms with Crippen molar-refractivity contribution >= 4 is 21.5 Å². The molecule has 0 N–H and O–H groups in total. The van der Waals surface area contributed by atoms with Gasteiger partial charge >= 0.3 is 0 Å². The number of hydrogen-bond acceptors (Lipinski definition) is 0. The zero-order valence-electron chi connectivity index (χ0n) is 17.2. The fraction of sp³-hybridized carbons (Fsp3) is 0.286. The molecule has 0 saturated carbocycles. The van der Waals surface area contributed by atoms with E-state index in [2.05, 4.69) is 86.6 Å². The van der Waals surface area contributed by atoms with Gasteiger partial charge in [-0.1, -0.05) is 93.4 Å². The van der Waals surface area contributed by atoms with E-state index in [0.29, 0.717) is 0 Å². The Morgan fingerprint density at radius 1 is 0.607 bits per heavy atom. The normalized spacial score (nSPS) is 11.4. The third kappa shape index (κ3) is 3.56. The van der Waals surface area contributed by atoms with E-state index in [-0.39, 0.29) is 0 Å². The molecule has 0 aliphatic heterocycles. The maximum atomic E-state index is 2.44. The van der Waals surface area contributed by atoms with E-state index in [1.54, 1.807) is 0 Å². The minimum atomic E-state index is 1.15. The van der Waals surface area contributed by atoms with Crippen molar-refractivity contribution in [2.24, 2.45) is 0 Å². The van der Waals surface area contributed by atoms with Crippen molar-refractivity contribution in [2.45, 2.75) is 52.4 Å². The summed E-state index contributed by atoms with van der Waals surface area (Å²) >= 11 is 0. The van der Waals surface area contributed by atoms with Crippen molar-refractivity contribution in [3.8, 4) is 11.1 Å². The molecule has 4 aromatic carbocycles. The minimum Gasteiger partial charge on any atom is -0.0654 e. The Kier molecular flexibility index (Phi) is 5.76. The second-order valence-electron chi connectivity index (χ2n) is 7.85. The van der Waals surface area contributed by atoms with E-state index in [9.17, 15) is 0 Å². The molecule has 0 spiro atoms. The van der Waals surface area contributed by atoms with Crippen molar-refractivity contribution in [3.63, 3.8) is 0 Å². The molecule has 0 heteroatoms. The van der Waals surface area contributed by atoms with E-state index in [4.69, 9.17) is 0 Å². The minimum absolute atomic E-state index is 1.15. The number of rotatable bonds is 7. The van der Waals surface area contributed by atoms with E-state index < -0.39 is 0 Å². The summed E-state index contributed by atoms with van der Waals surface area (Å²) in [5.74, 6) is 0. The molecule has 0 radical (unpaired) electrons. The lowest BCUT2D eigenvalue weighted by Gasteiger charge is -2.18. The van der Waals surface area contributed by atoms with Crippen LogP contribution in [0.3, 0.4) is 0 Å². The maximum absolute atomic E-state index is 2.44. The van der Waals surface area contributed by atoms with Gasteiger partial charge in [-0.25, -0.2) is 0 Å². The topological polar surface area (TPSA) is 0 Å². The van der Waals surface area contributed by atoms with Crippen LogP contribution in [0.2, 0.25) is 0 Å². The molecule has 4 aromatic rings. The fourth-order valence-corrected chi connectivity index (χ4v) is 4.37. The van der Waals surface area contributed by atoms with Gasteiger partial charge in [0.2, 0.25) is 0 Å². The standard InChI is InChI=1S/C28H30/c1-3-5-12-21-18-19-23(13-6-4-2)28-26(21)20-24-16-10-11-17-25(24)27(28)22-14-8-7-9-15-22/h7-11,14-20H,3-6,12-13H2,1-2H3. The van der Waals surface area contributed by atoms with Crippen molar-refractivity contribution in [3.05, 3.63) is 83.9 Å². The van der Waals surface area contributed by atoms with Gasteiger partial charge in [-0.05, 0) is 75.5 Å². The third-order valence-electron chi connectivity index (χ3n) is 5.86. The Bertz CT molecular complexity index is 1070. The van der Waals surface area contributed by atoms with Crippen LogP contribution in [0.5, 0.6) is 0 Å². The first-order valence-corrected chi connectivity index (χ1v) is 10.8. The van der Waals surface area contributed by atoms with Crippen LogP contribution in [0, 0.1) is 0 Å². The molecular formula is C28H30. The van der Waals surface area contributed by atoms with Gasteiger partial charge in [0, 0.05) is 0 Å². The summed E-state index contributed by atoms with van der Waals surface area (Å²) in [5, 5.41) is 5.65. The summed E-state index contributed by atoms with van der Waals surface area (Å²) in [7, 11) is 0. The predicted octanol–water partition coefficient (Wildman–Crippen LogP) is 8.35. The summed E-state index contributed by atoms with van der Waals surface area (Å²) in [5.41, 5.74) is 5.74. The van der Waals surface area contributed by atoms with Gasteiger partial charge in [-0.3, -0.25) is 0 Å². The molecule has 0 amide bonds. The van der Waals surface area contributed by atoms with Crippen LogP contribution < -0.4 is 0 Å². The van der Waals surface area contributed by atoms with Crippen molar-refractivity contribution < 1.29 is 0 Å². The average Bonchev–Trinajstić information content (AvgIpc) is 2.75. The predicted molar refractivity (Wildman–Crippen MR) is 124 cm³/mol. The van der Waals surface area contributed by atoms with Gasteiger partial charge in [0.15, 0.2) is 0 Å². The van der Waals surface area contributed by atoms with Gasteiger partial charge in [-0.15, -0.1) is 0 Å². The SMILES string of the molecule is CCCCc1ccc(CCCC)c2c(-c3ccccc3)c3ccccc3cc12. The zero-order valence-corrected chi connectivity index (χ0v) is 17.2. The van der Waals surface area contributed by atoms with Crippen LogP contribution in [0.1, 0.15) is 50.7 Å². The molecule has 142 valence electrons. The number of hydrogen-bond donors (Lipinski definition) is 0. The Morgan fingerprint density at radius 2 is 1.25 bits per heavy atom. The molecule has 0 aromatic heterocycles. The highest BCUT2D eigenvalue weighted by atomic mass is 14.2. The highest BCUT2D eigenvalue weighted by Gasteiger charge is 2.15. The summed E-state index contributed by atoms with van der Waals surface area (Å²) in [6, 6.07) is 27.1. The average molecular weight is 367 g/mol. The quantitative estimate of drug-likeness (QED) is 0.288. The summed E-state index contributed by atoms with van der Waals surface area (Å²) in [4.78, 5) is 0. The summed E-state index contributed by atoms with van der Waals surface area (Å²) in [6.07, 6.45) is 7.26. The highest BCUT2D eigenvalue weighted by molar-refractivity contribution is 6.14. The molecule has 0 heterocycles. The molecule has 0 nitrogen and oxygen atoms in total. The fourth-order valence-electron chi connectivity index (χ4n) is 4.37. The highest BCUT2D eigenvalue weighted by Crippen LogP contribution is 2.40. The zero-order chi connectivity index (χ0) is 19.3. The Morgan fingerprint density at radius 3 is 2.00 bits per heavy atom. The first-order valence-electron chi connectivity index (χ1n) is 10.8. The van der Waals surface area contributed by atoms with Crippen LogP contribution in [0.4, 0.5) is 0 Å². The van der Waals surface area contributed by atoms with Gasteiger partial charge in [0.05, 0.1) is 0 Å². The number of unbranched alkanes of at least 4 members (excludes halogenated alkanes) is 2. The number of fused-ring (bicyclic) bond motifs is 2. The molecule has 0 bridgehead atoms. The molecule has 0 fully saturated rings. The Balaban J connectivity index is 2.10. The van der Waals surface area contributed by atoms with Crippen molar-refractivity contribution in [2.75, 3.05) is 0 Å². The molecule has 0 aliphatic rings. The Hall–Kier alpha value is -2.60. The van der Waals surface area contributed by atoms with Crippen LogP contribution >= 0.6 is 0 Å². The largest absolute Gasteiger partial charge is 0.0654 e. The van der Waals surface area contributed by atoms with Crippen LogP contribution in [0.25, 0.3) is 32.7 Å². The van der Waals surface area contributed by atoms with E-state index in [1.807, 2.05) is 0 Å². The monoisotopic (exact) mass is 366 g/mol. The lowest BCUT2D eigenvalue weighted by atomic mass is 9.85. The van der Waals surface area contributed by atoms with E-state index in [1.165, 1.54) is 69.5 Å². The van der Waals surface area contributed by atoms with Crippen molar-refractivity contribution in [1.82, 2.24) is 0 Å².